The lowest BCUT2D eigenvalue weighted by Gasteiger charge is -2.28. The van der Waals surface area contributed by atoms with Crippen LogP contribution in [0.2, 0.25) is 0 Å². The highest BCUT2D eigenvalue weighted by Crippen LogP contribution is 2.33. The first kappa shape index (κ1) is 9.52. The lowest BCUT2D eigenvalue weighted by molar-refractivity contribution is -0.156. The van der Waals surface area contributed by atoms with Crippen molar-refractivity contribution in [3.63, 3.8) is 0 Å². The van der Waals surface area contributed by atoms with Gasteiger partial charge in [-0.25, -0.2) is 0 Å². The Morgan fingerprint density at radius 2 is 2.43 bits per heavy atom. The molecule has 2 rings (SSSR count). The molecule has 0 saturated carbocycles. The maximum Gasteiger partial charge on any atom is 0.277 e. The van der Waals surface area contributed by atoms with E-state index >= 15 is 0 Å². The number of fused-ring (bicyclic) bond motifs is 1. The van der Waals surface area contributed by atoms with E-state index in [2.05, 4.69) is 0 Å². The van der Waals surface area contributed by atoms with Crippen molar-refractivity contribution in [3.05, 3.63) is 12.0 Å². The first-order chi connectivity index (χ1) is 6.72. The quantitative estimate of drug-likeness (QED) is 0.665. The molecule has 4 nitrogen and oxygen atoms in total. The van der Waals surface area contributed by atoms with E-state index in [-0.39, 0.29) is 24.2 Å². The molecule has 0 spiro atoms. The molecule has 0 aromatic rings. The zero-order valence-electron chi connectivity index (χ0n) is 8.36. The number of ketones is 1. The van der Waals surface area contributed by atoms with Crippen LogP contribution >= 0.6 is 0 Å². The molecule has 0 bridgehead atoms. The molecule has 0 radical (unpaired) electrons. The summed E-state index contributed by atoms with van der Waals surface area (Å²) in [5.74, 6) is 0.578. The summed E-state index contributed by atoms with van der Waals surface area (Å²) in [5, 5.41) is 0. The van der Waals surface area contributed by atoms with E-state index in [0.29, 0.717) is 12.6 Å². The van der Waals surface area contributed by atoms with Crippen LogP contribution in [0.5, 0.6) is 0 Å². The van der Waals surface area contributed by atoms with Crippen molar-refractivity contribution in [1.29, 1.82) is 0 Å². The molecule has 78 valence electrons. The van der Waals surface area contributed by atoms with Crippen molar-refractivity contribution in [2.24, 2.45) is 11.8 Å². The van der Waals surface area contributed by atoms with Crippen LogP contribution in [0, 0.1) is 11.8 Å². The highest BCUT2D eigenvalue weighted by atomic mass is 16.8. The first-order valence-electron chi connectivity index (χ1n) is 4.88. The van der Waals surface area contributed by atoms with Crippen molar-refractivity contribution in [2.45, 2.75) is 20.1 Å². The van der Waals surface area contributed by atoms with Gasteiger partial charge in [0.15, 0.2) is 5.78 Å². The zero-order chi connectivity index (χ0) is 10.1. The maximum absolute atomic E-state index is 11.4. The Morgan fingerprint density at radius 1 is 1.64 bits per heavy atom. The van der Waals surface area contributed by atoms with Crippen LogP contribution in [0.4, 0.5) is 0 Å². The second kappa shape index (κ2) is 3.61. The number of allylic oxidation sites excluding steroid dienone is 1. The maximum atomic E-state index is 11.4. The van der Waals surface area contributed by atoms with Crippen LogP contribution in [-0.2, 0) is 19.0 Å². The fourth-order valence-corrected chi connectivity index (χ4v) is 1.86. The molecule has 3 atom stereocenters. The number of carbonyl (C=O) groups excluding carboxylic acids is 1. The van der Waals surface area contributed by atoms with Gasteiger partial charge in [-0.05, 0) is 12.8 Å². The molecule has 1 fully saturated rings. The molecule has 1 saturated heterocycles. The minimum Gasteiger partial charge on any atom is -0.466 e. The van der Waals surface area contributed by atoms with Crippen LogP contribution in [0.15, 0.2) is 12.0 Å². The third-order valence-corrected chi connectivity index (χ3v) is 2.54. The van der Waals surface area contributed by atoms with Gasteiger partial charge in [-0.3, -0.25) is 4.79 Å². The lowest BCUT2D eigenvalue weighted by Crippen LogP contribution is -2.32. The molecule has 2 aliphatic rings. The van der Waals surface area contributed by atoms with E-state index in [4.69, 9.17) is 14.2 Å². The summed E-state index contributed by atoms with van der Waals surface area (Å²) in [5.41, 5.74) is 0. The number of hydrogen-bond donors (Lipinski definition) is 0. The fourth-order valence-electron chi connectivity index (χ4n) is 1.86. The molecular formula is C10H14O4. The van der Waals surface area contributed by atoms with E-state index < -0.39 is 6.29 Å². The van der Waals surface area contributed by atoms with Crippen molar-refractivity contribution >= 4 is 5.78 Å². The highest BCUT2D eigenvalue weighted by molar-refractivity contribution is 5.84. The molecule has 0 amide bonds. The molecular weight excluding hydrogens is 184 g/mol. The Morgan fingerprint density at radius 3 is 3.14 bits per heavy atom. The molecule has 2 aliphatic heterocycles. The Bertz CT molecular complexity index is 271. The molecule has 0 N–H and O–H groups in total. The van der Waals surface area contributed by atoms with Crippen molar-refractivity contribution in [3.8, 4) is 0 Å². The van der Waals surface area contributed by atoms with E-state index in [0.717, 1.165) is 0 Å². The Hall–Kier alpha value is -1.03. The number of Topliss-reactive ketones (excluding diaryl/α,β-unsaturated/α-hetero) is 1. The van der Waals surface area contributed by atoms with Gasteiger partial charge in [0.25, 0.3) is 5.95 Å². The summed E-state index contributed by atoms with van der Waals surface area (Å²) < 4.78 is 15.9. The molecule has 4 heteroatoms. The minimum absolute atomic E-state index is 0.120. The minimum atomic E-state index is -0.441. The normalized spacial score (nSPS) is 36.0. The van der Waals surface area contributed by atoms with Crippen LogP contribution in [0.25, 0.3) is 0 Å². The number of rotatable bonds is 2. The summed E-state index contributed by atoms with van der Waals surface area (Å²) in [6.45, 7) is 4.59. The van der Waals surface area contributed by atoms with Crippen molar-refractivity contribution < 1.29 is 19.0 Å². The van der Waals surface area contributed by atoms with Gasteiger partial charge in [-0.1, -0.05) is 6.92 Å². The van der Waals surface area contributed by atoms with Crippen LogP contribution in [0.3, 0.4) is 0 Å². The zero-order valence-corrected chi connectivity index (χ0v) is 8.36. The topological polar surface area (TPSA) is 44.8 Å². The average molecular weight is 198 g/mol. The molecule has 2 heterocycles. The summed E-state index contributed by atoms with van der Waals surface area (Å²) >= 11 is 0. The van der Waals surface area contributed by atoms with Gasteiger partial charge in [0.1, 0.15) is 6.61 Å². The summed E-state index contributed by atoms with van der Waals surface area (Å²) in [6, 6.07) is 0. The van der Waals surface area contributed by atoms with E-state index in [9.17, 15) is 4.79 Å². The van der Waals surface area contributed by atoms with Gasteiger partial charge < -0.3 is 14.2 Å². The molecule has 14 heavy (non-hydrogen) atoms. The smallest absolute Gasteiger partial charge is 0.277 e. The van der Waals surface area contributed by atoms with Gasteiger partial charge in [0, 0.05) is 6.08 Å². The first-order valence-corrected chi connectivity index (χ1v) is 4.88. The second-order valence-corrected chi connectivity index (χ2v) is 3.57. The molecule has 0 aromatic carbocycles. The Labute approximate surface area is 82.8 Å². The number of hydrogen-bond acceptors (Lipinski definition) is 4. The lowest BCUT2D eigenvalue weighted by atomic mass is 9.90. The average Bonchev–Trinajstić information content (AvgIpc) is 2.48. The van der Waals surface area contributed by atoms with Gasteiger partial charge in [0.2, 0.25) is 6.29 Å². The fraction of sp³-hybridized carbons (Fsp3) is 0.700. The highest BCUT2D eigenvalue weighted by Gasteiger charge is 2.44. The van der Waals surface area contributed by atoms with E-state index in [1.165, 1.54) is 0 Å². The summed E-state index contributed by atoms with van der Waals surface area (Å²) in [6.07, 6.45) is 1.40. The summed E-state index contributed by atoms with van der Waals surface area (Å²) in [7, 11) is 0. The summed E-state index contributed by atoms with van der Waals surface area (Å²) in [4.78, 5) is 11.4. The third kappa shape index (κ3) is 1.50. The molecule has 0 aromatic heterocycles. The van der Waals surface area contributed by atoms with Gasteiger partial charge in [-0.2, -0.15) is 0 Å². The molecule has 3 unspecified atom stereocenters. The SMILES string of the molecule is CCOC1=CC(C)C2C(=O)COC2O1. The van der Waals surface area contributed by atoms with Crippen molar-refractivity contribution in [1.82, 2.24) is 0 Å². The second-order valence-electron chi connectivity index (χ2n) is 3.57. The standard InChI is InChI=1S/C10H14O4/c1-3-12-8-4-6(2)9-7(11)5-13-10(9)14-8/h4,6,9-10H,3,5H2,1-2H3. The van der Waals surface area contributed by atoms with Crippen LogP contribution in [0.1, 0.15) is 13.8 Å². The molecule has 0 aliphatic carbocycles. The van der Waals surface area contributed by atoms with E-state index in [1.54, 1.807) is 0 Å². The van der Waals surface area contributed by atoms with E-state index in [1.807, 2.05) is 19.9 Å². The van der Waals surface area contributed by atoms with Crippen molar-refractivity contribution in [2.75, 3.05) is 13.2 Å². The Balaban J connectivity index is 2.13. The van der Waals surface area contributed by atoms with Crippen LogP contribution < -0.4 is 0 Å². The number of carbonyl (C=O) groups is 1. The predicted molar refractivity (Wildman–Crippen MR) is 48.2 cm³/mol. The van der Waals surface area contributed by atoms with Gasteiger partial charge >= 0.3 is 0 Å². The van der Waals surface area contributed by atoms with Gasteiger partial charge in [-0.15, -0.1) is 0 Å². The monoisotopic (exact) mass is 198 g/mol. The largest absolute Gasteiger partial charge is 0.466 e. The Kier molecular flexibility index (Phi) is 2.46. The van der Waals surface area contributed by atoms with Crippen LogP contribution in [-0.4, -0.2) is 25.3 Å². The van der Waals surface area contributed by atoms with Gasteiger partial charge in [0.05, 0.1) is 12.5 Å². The number of ether oxygens (including phenoxy) is 3. The third-order valence-electron chi connectivity index (χ3n) is 2.54. The predicted octanol–water partition coefficient (Wildman–Crippen LogP) is 1.07.